The Hall–Kier alpha value is -2.57. The van der Waals surface area contributed by atoms with Gasteiger partial charge in [0.15, 0.2) is 0 Å². The first kappa shape index (κ1) is 21.1. The SMILES string of the molecule is Cc1ccc(C(=O)Nc2cccc(SC(C)C(=O)Nc3ccccc3Br)c2)cc1. The second kappa shape index (κ2) is 9.76. The normalized spacial score (nSPS) is 11.6. The van der Waals surface area contributed by atoms with Crippen LogP contribution in [0.25, 0.3) is 0 Å². The van der Waals surface area contributed by atoms with Gasteiger partial charge in [-0.25, -0.2) is 0 Å². The molecule has 0 aliphatic rings. The van der Waals surface area contributed by atoms with Gasteiger partial charge in [0.05, 0.1) is 10.9 Å². The molecule has 0 saturated carbocycles. The number of hydrogen-bond donors (Lipinski definition) is 2. The van der Waals surface area contributed by atoms with Gasteiger partial charge in [-0.3, -0.25) is 9.59 Å². The van der Waals surface area contributed by atoms with Crippen LogP contribution >= 0.6 is 27.7 Å². The van der Waals surface area contributed by atoms with E-state index in [0.717, 1.165) is 20.6 Å². The summed E-state index contributed by atoms with van der Waals surface area (Å²) in [5.74, 6) is -0.247. The van der Waals surface area contributed by atoms with Crippen molar-refractivity contribution in [3.05, 3.63) is 88.4 Å². The molecule has 6 heteroatoms. The summed E-state index contributed by atoms with van der Waals surface area (Å²) in [6, 6.07) is 22.4. The van der Waals surface area contributed by atoms with Gasteiger partial charge in [0.2, 0.25) is 5.91 Å². The Morgan fingerprint density at radius 2 is 1.66 bits per heavy atom. The first-order valence-electron chi connectivity index (χ1n) is 9.12. The number of nitrogens with one attached hydrogen (secondary N) is 2. The lowest BCUT2D eigenvalue weighted by molar-refractivity contribution is -0.115. The molecule has 148 valence electrons. The van der Waals surface area contributed by atoms with E-state index >= 15 is 0 Å². The van der Waals surface area contributed by atoms with E-state index in [2.05, 4.69) is 26.6 Å². The number of carbonyl (C=O) groups excluding carboxylic acids is 2. The van der Waals surface area contributed by atoms with Crippen LogP contribution in [0.15, 0.2) is 82.2 Å². The molecule has 0 aliphatic carbocycles. The number of carbonyl (C=O) groups is 2. The average Bonchev–Trinajstić information content (AvgIpc) is 2.70. The Labute approximate surface area is 183 Å². The van der Waals surface area contributed by atoms with E-state index < -0.39 is 0 Å². The minimum Gasteiger partial charge on any atom is -0.324 e. The molecule has 3 aromatic carbocycles. The Kier molecular flexibility index (Phi) is 7.12. The molecule has 1 unspecified atom stereocenters. The molecule has 0 fully saturated rings. The summed E-state index contributed by atoms with van der Waals surface area (Å²) in [6.45, 7) is 3.84. The van der Waals surface area contributed by atoms with Gasteiger partial charge in [-0.05, 0) is 72.2 Å². The fourth-order valence-electron chi connectivity index (χ4n) is 2.61. The van der Waals surface area contributed by atoms with E-state index in [-0.39, 0.29) is 17.1 Å². The number of amides is 2. The molecule has 0 heterocycles. The lowest BCUT2D eigenvalue weighted by atomic mass is 10.1. The van der Waals surface area contributed by atoms with E-state index in [1.54, 1.807) is 12.1 Å². The lowest BCUT2D eigenvalue weighted by Gasteiger charge is -2.14. The predicted molar refractivity (Wildman–Crippen MR) is 124 cm³/mol. The van der Waals surface area contributed by atoms with Crippen LogP contribution in [-0.4, -0.2) is 17.1 Å². The Morgan fingerprint density at radius 1 is 0.931 bits per heavy atom. The summed E-state index contributed by atoms with van der Waals surface area (Å²) in [5, 5.41) is 5.53. The molecular formula is C23H21BrN2O2S. The van der Waals surface area contributed by atoms with Crippen LogP contribution in [0.4, 0.5) is 11.4 Å². The number of aryl methyl sites for hydroxylation is 1. The molecule has 1 atom stereocenters. The molecule has 0 saturated heterocycles. The average molecular weight is 469 g/mol. The smallest absolute Gasteiger partial charge is 0.255 e. The first-order chi connectivity index (χ1) is 13.9. The summed E-state index contributed by atoms with van der Waals surface area (Å²) in [7, 11) is 0. The molecule has 0 spiro atoms. The van der Waals surface area contributed by atoms with Gasteiger partial charge in [-0.2, -0.15) is 0 Å². The molecule has 4 nitrogen and oxygen atoms in total. The van der Waals surface area contributed by atoms with Gasteiger partial charge < -0.3 is 10.6 Å². The summed E-state index contributed by atoms with van der Waals surface area (Å²) in [6.07, 6.45) is 0. The van der Waals surface area contributed by atoms with Crippen LogP contribution in [0.3, 0.4) is 0 Å². The largest absolute Gasteiger partial charge is 0.324 e. The van der Waals surface area contributed by atoms with Crippen molar-refractivity contribution in [2.45, 2.75) is 24.0 Å². The standard InChI is InChI=1S/C23H21BrN2O2S/c1-15-10-12-17(13-11-15)23(28)25-18-6-5-7-19(14-18)29-16(2)22(27)26-21-9-4-3-8-20(21)24/h3-14,16H,1-2H3,(H,25,28)(H,26,27). The highest BCUT2D eigenvalue weighted by Gasteiger charge is 2.16. The molecule has 0 aromatic heterocycles. The van der Waals surface area contributed by atoms with Crippen LogP contribution in [0.1, 0.15) is 22.8 Å². The third-order valence-corrected chi connectivity index (χ3v) is 6.00. The van der Waals surface area contributed by atoms with E-state index in [4.69, 9.17) is 0 Å². The van der Waals surface area contributed by atoms with Crippen molar-refractivity contribution >= 4 is 50.9 Å². The summed E-state index contributed by atoms with van der Waals surface area (Å²) < 4.78 is 0.839. The number of benzene rings is 3. The molecule has 2 amide bonds. The molecule has 29 heavy (non-hydrogen) atoms. The zero-order valence-corrected chi connectivity index (χ0v) is 18.5. The van der Waals surface area contributed by atoms with Crippen molar-refractivity contribution in [2.24, 2.45) is 0 Å². The molecule has 0 bridgehead atoms. The van der Waals surface area contributed by atoms with Gasteiger partial charge in [0, 0.05) is 20.6 Å². The zero-order chi connectivity index (χ0) is 20.8. The second-order valence-corrected chi connectivity index (χ2v) is 8.85. The molecule has 3 aromatic rings. The number of anilines is 2. The van der Waals surface area contributed by atoms with Crippen molar-refractivity contribution in [2.75, 3.05) is 10.6 Å². The second-order valence-electron chi connectivity index (χ2n) is 6.58. The molecule has 0 aliphatic heterocycles. The highest BCUT2D eigenvalue weighted by atomic mass is 79.9. The van der Waals surface area contributed by atoms with Crippen molar-refractivity contribution < 1.29 is 9.59 Å². The summed E-state index contributed by atoms with van der Waals surface area (Å²) >= 11 is 4.87. The summed E-state index contributed by atoms with van der Waals surface area (Å²) in [4.78, 5) is 25.8. The van der Waals surface area contributed by atoms with E-state index in [1.165, 1.54) is 11.8 Å². The van der Waals surface area contributed by atoms with E-state index in [9.17, 15) is 9.59 Å². The fraction of sp³-hybridized carbons (Fsp3) is 0.130. The van der Waals surface area contributed by atoms with Crippen LogP contribution in [-0.2, 0) is 4.79 Å². The predicted octanol–water partition coefficient (Wildman–Crippen LogP) is 6.13. The molecule has 3 rings (SSSR count). The first-order valence-corrected chi connectivity index (χ1v) is 10.8. The van der Waals surface area contributed by atoms with Crippen molar-refractivity contribution in [1.29, 1.82) is 0 Å². The highest BCUT2D eigenvalue weighted by Crippen LogP contribution is 2.28. The van der Waals surface area contributed by atoms with Crippen molar-refractivity contribution in [1.82, 2.24) is 0 Å². The van der Waals surface area contributed by atoms with Gasteiger partial charge in [0.25, 0.3) is 5.91 Å². The number of halogens is 1. The maximum absolute atomic E-state index is 12.5. The zero-order valence-electron chi connectivity index (χ0n) is 16.1. The van der Waals surface area contributed by atoms with Crippen LogP contribution < -0.4 is 10.6 Å². The molecular weight excluding hydrogens is 448 g/mol. The van der Waals surface area contributed by atoms with Crippen LogP contribution in [0, 0.1) is 6.92 Å². The quantitative estimate of drug-likeness (QED) is 0.427. The Morgan fingerprint density at radius 3 is 2.38 bits per heavy atom. The maximum atomic E-state index is 12.5. The molecule has 2 N–H and O–H groups in total. The van der Waals surface area contributed by atoms with Gasteiger partial charge in [-0.15, -0.1) is 11.8 Å². The number of hydrogen-bond acceptors (Lipinski definition) is 3. The van der Waals surface area contributed by atoms with Crippen molar-refractivity contribution in [3.63, 3.8) is 0 Å². The molecule has 0 radical (unpaired) electrons. The number of para-hydroxylation sites is 1. The third-order valence-electron chi connectivity index (χ3n) is 4.22. The number of rotatable bonds is 6. The summed E-state index contributed by atoms with van der Waals surface area (Å²) in [5.41, 5.74) is 3.15. The minimum absolute atomic E-state index is 0.0870. The monoisotopic (exact) mass is 468 g/mol. The minimum atomic E-state index is -0.301. The topological polar surface area (TPSA) is 58.2 Å². The van der Waals surface area contributed by atoms with Crippen LogP contribution in [0.5, 0.6) is 0 Å². The van der Waals surface area contributed by atoms with Gasteiger partial charge >= 0.3 is 0 Å². The van der Waals surface area contributed by atoms with E-state index in [0.29, 0.717) is 11.3 Å². The van der Waals surface area contributed by atoms with Gasteiger partial charge in [0.1, 0.15) is 0 Å². The Bertz CT molecular complexity index is 1020. The van der Waals surface area contributed by atoms with E-state index in [1.807, 2.05) is 74.5 Å². The number of thioether (sulfide) groups is 1. The Balaban J connectivity index is 1.63. The lowest BCUT2D eigenvalue weighted by Crippen LogP contribution is -2.22. The van der Waals surface area contributed by atoms with Gasteiger partial charge in [-0.1, -0.05) is 35.9 Å². The highest BCUT2D eigenvalue weighted by molar-refractivity contribution is 9.10. The maximum Gasteiger partial charge on any atom is 0.255 e. The van der Waals surface area contributed by atoms with Crippen LogP contribution in [0.2, 0.25) is 0 Å². The fourth-order valence-corrected chi connectivity index (χ4v) is 3.92. The third kappa shape index (κ3) is 5.95. The van der Waals surface area contributed by atoms with Crippen molar-refractivity contribution in [3.8, 4) is 0 Å².